The molecule has 0 aliphatic rings. The van der Waals surface area contributed by atoms with Crippen LogP contribution in [-0.4, -0.2) is 39.3 Å². The molecule has 2 rings (SSSR count). The smallest absolute Gasteiger partial charge is 0.243 e. The summed E-state index contributed by atoms with van der Waals surface area (Å²) in [5, 5.41) is 3.22. The first-order valence-corrected chi connectivity index (χ1v) is 11.5. The first kappa shape index (κ1) is 23.0. The van der Waals surface area contributed by atoms with Crippen LogP contribution in [0, 0.1) is 13.8 Å². The summed E-state index contributed by atoms with van der Waals surface area (Å²) >= 11 is 6.05. The van der Waals surface area contributed by atoms with E-state index in [0.717, 1.165) is 21.9 Å². The molecule has 2 aromatic carbocycles. The van der Waals surface area contributed by atoms with Crippen molar-refractivity contribution in [3.63, 3.8) is 0 Å². The summed E-state index contributed by atoms with van der Waals surface area (Å²) in [4.78, 5) is 12.8. The summed E-state index contributed by atoms with van der Waals surface area (Å²) in [5.74, 6) is 0.324. The number of benzene rings is 2. The maximum atomic E-state index is 12.8. The maximum absolute atomic E-state index is 12.8. The molecule has 0 spiro atoms. The third-order valence-corrected chi connectivity index (χ3v) is 5.93. The van der Waals surface area contributed by atoms with E-state index in [-0.39, 0.29) is 12.6 Å². The Kier molecular flexibility index (Phi) is 7.54. The lowest BCUT2D eigenvalue weighted by Gasteiger charge is -2.30. The van der Waals surface area contributed by atoms with Crippen LogP contribution in [-0.2, 0) is 14.8 Å². The number of carbonyl (C=O) groups excluding carboxylic acids is 1. The van der Waals surface area contributed by atoms with Crippen molar-refractivity contribution in [3.8, 4) is 5.75 Å². The lowest BCUT2D eigenvalue weighted by atomic mass is 10.1. The molecule has 0 fully saturated rings. The van der Waals surface area contributed by atoms with Crippen molar-refractivity contribution in [2.75, 3.05) is 17.2 Å². The number of anilines is 1. The predicted molar refractivity (Wildman–Crippen MR) is 117 cm³/mol. The van der Waals surface area contributed by atoms with Crippen molar-refractivity contribution in [2.24, 2.45) is 0 Å². The monoisotopic (exact) mass is 438 g/mol. The minimum atomic E-state index is -3.72. The third-order valence-electron chi connectivity index (χ3n) is 4.47. The Balaban J connectivity index is 2.13. The van der Waals surface area contributed by atoms with Crippen LogP contribution >= 0.6 is 11.6 Å². The van der Waals surface area contributed by atoms with Crippen LogP contribution in [0.3, 0.4) is 0 Å². The molecule has 2 atom stereocenters. The Hall–Kier alpha value is -2.25. The van der Waals surface area contributed by atoms with Crippen molar-refractivity contribution in [1.29, 1.82) is 0 Å². The van der Waals surface area contributed by atoms with Crippen molar-refractivity contribution in [3.05, 3.63) is 58.6 Å². The molecule has 2 aromatic rings. The van der Waals surface area contributed by atoms with Crippen LogP contribution in [0.25, 0.3) is 0 Å². The Labute approximate surface area is 177 Å². The lowest BCUT2D eigenvalue weighted by molar-refractivity contribution is -0.122. The number of nitrogens with zero attached hydrogens (tertiary/aromatic N) is 1. The van der Waals surface area contributed by atoms with Gasteiger partial charge in [0.05, 0.1) is 18.0 Å². The first-order chi connectivity index (χ1) is 13.5. The van der Waals surface area contributed by atoms with Gasteiger partial charge in [0.15, 0.2) is 0 Å². The molecule has 0 radical (unpaired) electrons. The molecule has 1 amide bonds. The van der Waals surface area contributed by atoms with Crippen LogP contribution < -0.4 is 14.4 Å². The van der Waals surface area contributed by atoms with Gasteiger partial charge < -0.3 is 10.1 Å². The van der Waals surface area contributed by atoms with E-state index in [2.05, 4.69) is 5.32 Å². The second kappa shape index (κ2) is 9.50. The Morgan fingerprint density at radius 1 is 1.14 bits per heavy atom. The number of hydrogen-bond donors (Lipinski definition) is 1. The zero-order chi connectivity index (χ0) is 21.8. The standard InChI is InChI=1S/C21H27ClN2O4S/c1-14-10-11-18(22)12-19(14)24(29(5,26)27)17(4)21(25)23-16(3)13-28-20-9-7-6-8-15(20)2/h6-12,16-17H,13H2,1-5H3,(H,23,25)/t16-,17+/m1/s1. The van der Waals surface area contributed by atoms with E-state index in [1.54, 1.807) is 39.0 Å². The fourth-order valence-electron chi connectivity index (χ4n) is 2.94. The minimum absolute atomic E-state index is 0.262. The number of sulfonamides is 1. The molecule has 0 aromatic heterocycles. The minimum Gasteiger partial charge on any atom is -0.491 e. The van der Waals surface area contributed by atoms with Crippen molar-refractivity contribution in [1.82, 2.24) is 5.32 Å². The van der Waals surface area contributed by atoms with E-state index >= 15 is 0 Å². The van der Waals surface area contributed by atoms with E-state index in [1.165, 1.54) is 0 Å². The highest BCUT2D eigenvalue weighted by atomic mass is 35.5. The number of nitrogens with one attached hydrogen (secondary N) is 1. The van der Waals surface area contributed by atoms with Gasteiger partial charge in [-0.05, 0) is 57.0 Å². The van der Waals surface area contributed by atoms with Crippen molar-refractivity contribution >= 4 is 33.2 Å². The van der Waals surface area contributed by atoms with Crippen LogP contribution in [0.15, 0.2) is 42.5 Å². The summed E-state index contributed by atoms with van der Waals surface area (Å²) < 4.78 is 31.8. The van der Waals surface area contributed by atoms with E-state index in [9.17, 15) is 13.2 Å². The molecule has 6 nitrogen and oxygen atoms in total. The highest BCUT2D eigenvalue weighted by Gasteiger charge is 2.31. The first-order valence-electron chi connectivity index (χ1n) is 9.25. The number of rotatable bonds is 8. The number of hydrogen-bond acceptors (Lipinski definition) is 4. The topological polar surface area (TPSA) is 75.7 Å². The molecule has 0 bridgehead atoms. The Morgan fingerprint density at radius 2 is 1.79 bits per heavy atom. The van der Waals surface area contributed by atoms with Gasteiger partial charge in [0.2, 0.25) is 15.9 Å². The molecule has 8 heteroatoms. The van der Waals surface area contributed by atoms with E-state index in [1.807, 2.05) is 31.2 Å². The third kappa shape index (κ3) is 6.11. The fraction of sp³-hybridized carbons (Fsp3) is 0.381. The summed E-state index contributed by atoms with van der Waals surface area (Å²) in [6, 6.07) is 11.3. The van der Waals surface area contributed by atoms with Gasteiger partial charge in [0, 0.05) is 5.02 Å². The van der Waals surface area contributed by atoms with Crippen molar-refractivity contribution in [2.45, 2.75) is 39.8 Å². The number of para-hydroxylation sites is 1. The van der Waals surface area contributed by atoms with E-state index < -0.39 is 22.0 Å². The number of halogens is 1. The maximum Gasteiger partial charge on any atom is 0.243 e. The molecule has 0 saturated carbocycles. The SMILES string of the molecule is Cc1ccccc1OC[C@@H](C)NC(=O)[C@H](C)N(c1cc(Cl)ccc1C)S(C)(=O)=O. The average Bonchev–Trinajstić information content (AvgIpc) is 2.63. The van der Waals surface area contributed by atoms with Crippen LogP contribution in [0.2, 0.25) is 5.02 Å². The number of amides is 1. The summed E-state index contributed by atoms with van der Waals surface area (Å²) in [7, 11) is -3.72. The molecule has 1 N–H and O–H groups in total. The highest BCUT2D eigenvalue weighted by molar-refractivity contribution is 7.92. The lowest BCUT2D eigenvalue weighted by Crippen LogP contribution is -2.51. The zero-order valence-corrected chi connectivity index (χ0v) is 18.8. The van der Waals surface area contributed by atoms with E-state index in [4.69, 9.17) is 16.3 Å². The molecular weight excluding hydrogens is 412 g/mol. The van der Waals surface area contributed by atoms with Gasteiger partial charge in [-0.2, -0.15) is 0 Å². The second-order valence-electron chi connectivity index (χ2n) is 7.15. The molecule has 0 aliphatic carbocycles. The van der Waals surface area contributed by atoms with Gasteiger partial charge in [-0.25, -0.2) is 8.42 Å². The normalized spacial score (nSPS) is 13.4. The molecule has 29 heavy (non-hydrogen) atoms. The van der Waals surface area contributed by atoms with Gasteiger partial charge in [0.25, 0.3) is 0 Å². The van der Waals surface area contributed by atoms with E-state index in [0.29, 0.717) is 16.3 Å². The quantitative estimate of drug-likeness (QED) is 0.681. The van der Waals surface area contributed by atoms with Crippen molar-refractivity contribution < 1.29 is 17.9 Å². The summed E-state index contributed by atoms with van der Waals surface area (Å²) in [6.07, 6.45) is 1.07. The average molecular weight is 439 g/mol. The summed E-state index contributed by atoms with van der Waals surface area (Å²) in [5.41, 5.74) is 2.08. The van der Waals surface area contributed by atoms with Gasteiger partial charge in [-0.1, -0.05) is 35.9 Å². The molecule has 0 aliphatic heterocycles. The highest BCUT2D eigenvalue weighted by Crippen LogP contribution is 2.28. The van der Waals surface area contributed by atoms with Crippen LogP contribution in [0.1, 0.15) is 25.0 Å². The van der Waals surface area contributed by atoms with Gasteiger partial charge in [-0.15, -0.1) is 0 Å². The molecule has 158 valence electrons. The van der Waals surface area contributed by atoms with Gasteiger partial charge >= 0.3 is 0 Å². The second-order valence-corrected chi connectivity index (χ2v) is 9.45. The molecule has 0 saturated heterocycles. The zero-order valence-electron chi connectivity index (χ0n) is 17.3. The number of carbonyl (C=O) groups is 1. The fourth-order valence-corrected chi connectivity index (χ4v) is 4.33. The number of ether oxygens (including phenoxy) is 1. The Morgan fingerprint density at radius 3 is 2.41 bits per heavy atom. The molecular formula is C21H27ClN2O4S. The van der Waals surface area contributed by atoms with Crippen LogP contribution in [0.4, 0.5) is 5.69 Å². The molecule has 0 heterocycles. The predicted octanol–water partition coefficient (Wildman–Crippen LogP) is 3.70. The summed E-state index contributed by atoms with van der Waals surface area (Å²) in [6.45, 7) is 7.33. The van der Waals surface area contributed by atoms with Gasteiger partial charge in [0.1, 0.15) is 18.4 Å². The largest absolute Gasteiger partial charge is 0.491 e. The van der Waals surface area contributed by atoms with Crippen LogP contribution in [0.5, 0.6) is 5.75 Å². The number of aryl methyl sites for hydroxylation is 2. The molecule has 0 unspecified atom stereocenters. The Bertz CT molecular complexity index is 978. The van der Waals surface area contributed by atoms with Gasteiger partial charge in [-0.3, -0.25) is 9.10 Å².